The van der Waals surface area contributed by atoms with Gasteiger partial charge in [0.1, 0.15) is 21.3 Å². The number of thiophene rings is 2. The number of aliphatic carboxylic acids is 2. The molecule has 6 N–H and O–H groups in total. The number of rotatable bonds is 2. The number of carboxylic acids is 2. The van der Waals surface area contributed by atoms with Gasteiger partial charge in [-0.15, -0.1) is 22.7 Å². The van der Waals surface area contributed by atoms with Gasteiger partial charge in [0.05, 0.1) is 37.6 Å². The molecule has 4 aromatic rings. The number of carbonyl (C=O) groups excluding carboxylic acids is 2. The zero-order valence-electron chi connectivity index (χ0n) is 27.6. The van der Waals surface area contributed by atoms with Gasteiger partial charge in [0.25, 0.3) is 11.8 Å². The zero-order valence-corrected chi connectivity index (χ0v) is 29.2. The van der Waals surface area contributed by atoms with E-state index in [-0.39, 0.29) is 11.8 Å². The van der Waals surface area contributed by atoms with E-state index < -0.39 is 11.9 Å². The van der Waals surface area contributed by atoms with Gasteiger partial charge in [-0.05, 0) is 74.6 Å². The van der Waals surface area contributed by atoms with Crippen molar-refractivity contribution in [2.45, 2.75) is 51.4 Å². The SMILES string of the molecule is Nc1nc2sc3c(c2cc1C(=O)N1CCOCC1)CCCC3.Nc1nc2sc3c(c2cc1C(=O)N1CCOCC1)CCCC3.O=C(O)C(=O)O. The predicted molar refractivity (Wildman–Crippen MR) is 190 cm³/mol. The molecule has 0 unspecified atom stereocenters. The van der Waals surface area contributed by atoms with E-state index in [0.29, 0.717) is 75.4 Å². The number of pyridine rings is 2. The first-order chi connectivity index (χ1) is 24.1. The number of hydrogen-bond donors (Lipinski definition) is 4. The second kappa shape index (κ2) is 15.7. The Hall–Kier alpha value is -4.38. The van der Waals surface area contributed by atoms with Crippen molar-refractivity contribution in [3.63, 3.8) is 0 Å². The highest BCUT2D eigenvalue weighted by Crippen LogP contribution is 2.38. The highest BCUT2D eigenvalue weighted by atomic mass is 32.1. The van der Waals surface area contributed by atoms with Crippen molar-refractivity contribution in [2.75, 3.05) is 64.1 Å². The minimum atomic E-state index is -1.82. The second-order valence-corrected chi connectivity index (χ2v) is 14.6. The second-order valence-electron chi connectivity index (χ2n) is 12.4. The molecule has 8 rings (SSSR count). The number of nitrogen functional groups attached to an aromatic ring is 2. The molecule has 16 heteroatoms. The van der Waals surface area contributed by atoms with Crippen LogP contribution in [0.2, 0.25) is 0 Å². The monoisotopic (exact) mass is 724 g/mol. The number of amides is 2. The summed E-state index contributed by atoms with van der Waals surface area (Å²) in [5.41, 5.74) is 16.0. The van der Waals surface area contributed by atoms with E-state index in [1.165, 1.54) is 46.6 Å². The lowest BCUT2D eigenvalue weighted by Gasteiger charge is -2.27. The number of nitrogens with zero attached hydrogens (tertiary/aromatic N) is 4. The lowest BCUT2D eigenvalue weighted by molar-refractivity contribution is -0.159. The summed E-state index contributed by atoms with van der Waals surface area (Å²) in [6, 6.07) is 3.94. The van der Waals surface area contributed by atoms with Crippen molar-refractivity contribution < 1.29 is 38.9 Å². The molecule has 2 fully saturated rings. The Morgan fingerprint density at radius 2 is 0.980 bits per heavy atom. The Bertz CT molecular complexity index is 1790. The lowest BCUT2D eigenvalue weighted by Crippen LogP contribution is -2.41. The molecule has 4 aliphatic rings. The number of aryl methyl sites for hydroxylation is 4. The van der Waals surface area contributed by atoms with Gasteiger partial charge in [-0.1, -0.05) is 0 Å². The first kappa shape index (κ1) is 35.4. The minimum absolute atomic E-state index is 0.0223. The van der Waals surface area contributed by atoms with E-state index in [4.69, 9.17) is 40.7 Å². The third-order valence-electron chi connectivity index (χ3n) is 9.20. The number of anilines is 2. The quantitative estimate of drug-likeness (QED) is 0.219. The molecule has 6 heterocycles. The van der Waals surface area contributed by atoms with Crippen LogP contribution in [0.4, 0.5) is 11.6 Å². The molecule has 2 aliphatic carbocycles. The molecule has 0 aromatic carbocycles. The van der Waals surface area contributed by atoms with Crippen LogP contribution in [0.25, 0.3) is 20.4 Å². The van der Waals surface area contributed by atoms with Gasteiger partial charge in [0, 0.05) is 46.7 Å². The van der Waals surface area contributed by atoms with Crippen molar-refractivity contribution in [3.05, 3.63) is 44.1 Å². The Kier molecular flexibility index (Phi) is 11.1. The predicted octanol–water partition coefficient (Wildman–Crippen LogP) is 3.62. The smallest absolute Gasteiger partial charge is 0.414 e. The van der Waals surface area contributed by atoms with Crippen LogP contribution in [0.3, 0.4) is 0 Å². The van der Waals surface area contributed by atoms with E-state index in [1.54, 1.807) is 22.7 Å². The largest absolute Gasteiger partial charge is 0.473 e. The maximum atomic E-state index is 12.7. The molecule has 4 aromatic heterocycles. The fourth-order valence-corrected chi connectivity index (χ4v) is 9.11. The van der Waals surface area contributed by atoms with Gasteiger partial charge in [-0.2, -0.15) is 0 Å². The highest BCUT2D eigenvalue weighted by Gasteiger charge is 2.26. The average molecular weight is 725 g/mol. The molecule has 0 atom stereocenters. The summed E-state index contributed by atoms with van der Waals surface area (Å²) in [5.74, 6) is -2.99. The van der Waals surface area contributed by atoms with Crippen LogP contribution in [0.15, 0.2) is 12.1 Å². The molecule has 266 valence electrons. The van der Waals surface area contributed by atoms with Crippen molar-refractivity contribution in [1.29, 1.82) is 0 Å². The van der Waals surface area contributed by atoms with E-state index in [0.717, 1.165) is 46.1 Å². The number of morpholine rings is 2. The lowest BCUT2D eigenvalue weighted by atomic mass is 9.96. The van der Waals surface area contributed by atoms with Gasteiger partial charge < -0.3 is 41.0 Å². The maximum Gasteiger partial charge on any atom is 0.414 e. The number of hydrogen-bond acceptors (Lipinski definition) is 12. The zero-order chi connectivity index (χ0) is 35.4. The van der Waals surface area contributed by atoms with Crippen molar-refractivity contribution in [2.24, 2.45) is 0 Å². The molecule has 2 saturated heterocycles. The normalized spacial score (nSPS) is 17.1. The minimum Gasteiger partial charge on any atom is -0.473 e. The number of nitrogens with two attached hydrogens (primary N) is 2. The summed E-state index contributed by atoms with van der Waals surface area (Å²) < 4.78 is 10.6. The first-order valence-electron chi connectivity index (χ1n) is 16.7. The van der Waals surface area contributed by atoms with Gasteiger partial charge in [-0.25, -0.2) is 19.6 Å². The van der Waals surface area contributed by atoms with Crippen molar-refractivity contribution in [1.82, 2.24) is 19.8 Å². The summed E-state index contributed by atoms with van der Waals surface area (Å²) in [6.07, 6.45) is 9.36. The van der Waals surface area contributed by atoms with Crippen molar-refractivity contribution in [3.8, 4) is 0 Å². The van der Waals surface area contributed by atoms with E-state index in [1.807, 2.05) is 21.9 Å². The average Bonchev–Trinajstić information content (AvgIpc) is 3.68. The van der Waals surface area contributed by atoms with Crippen LogP contribution < -0.4 is 11.5 Å². The maximum absolute atomic E-state index is 12.7. The summed E-state index contributed by atoms with van der Waals surface area (Å²) in [6.45, 7) is 4.86. The molecule has 2 aliphatic heterocycles. The number of carbonyl (C=O) groups is 4. The topological polar surface area (TPSA) is 211 Å². The summed E-state index contributed by atoms with van der Waals surface area (Å²) in [5, 5.41) is 17.0. The molecule has 0 radical (unpaired) electrons. The van der Waals surface area contributed by atoms with Gasteiger partial charge >= 0.3 is 11.9 Å². The molecule has 14 nitrogen and oxygen atoms in total. The van der Waals surface area contributed by atoms with Crippen molar-refractivity contribution >= 4 is 78.5 Å². The van der Waals surface area contributed by atoms with E-state index in [9.17, 15) is 9.59 Å². The fourth-order valence-electron chi connectivity index (χ4n) is 6.61. The molecular formula is C34H40N6O8S2. The molecular weight excluding hydrogens is 685 g/mol. The summed E-state index contributed by atoms with van der Waals surface area (Å²) in [4.78, 5) is 61.0. The molecule has 2 amide bonds. The molecule has 0 bridgehead atoms. The van der Waals surface area contributed by atoms with Crippen LogP contribution in [0.5, 0.6) is 0 Å². The molecule has 50 heavy (non-hydrogen) atoms. The third kappa shape index (κ3) is 7.67. The van der Waals surface area contributed by atoms with Gasteiger partial charge in [0.2, 0.25) is 0 Å². The summed E-state index contributed by atoms with van der Waals surface area (Å²) in [7, 11) is 0. The Morgan fingerprint density at radius 3 is 1.34 bits per heavy atom. The number of ether oxygens (including phenoxy) is 2. The fraction of sp³-hybridized carbons (Fsp3) is 0.471. The van der Waals surface area contributed by atoms with E-state index in [2.05, 4.69) is 9.97 Å². The number of aromatic nitrogens is 2. The van der Waals surface area contributed by atoms with Crippen LogP contribution in [0.1, 0.15) is 67.3 Å². The van der Waals surface area contributed by atoms with Gasteiger partial charge in [-0.3, -0.25) is 9.59 Å². The van der Waals surface area contributed by atoms with Gasteiger partial charge in [0.15, 0.2) is 0 Å². The molecule has 0 spiro atoms. The molecule has 0 saturated carbocycles. The van der Waals surface area contributed by atoms with E-state index >= 15 is 0 Å². The Balaban J connectivity index is 0.000000149. The third-order valence-corrected chi connectivity index (χ3v) is 11.6. The van der Waals surface area contributed by atoms with Crippen LogP contribution in [-0.4, -0.2) is 106 Å². The Labute approximate surface area is 296 Å². The standard InChI is InChI=1S/2C16H19N3O2S.C2H2O4/c2*17-14-12(16(20)19-5-7-21-8-6-19)9-11-10-3-1-2-4-13(10)22-15(11)18-14;3-1(4)2(5)6/h2*9H,1-8H2,(H2,17,18);(H,3,4)(H,5,6). The van der Waals surface area contributed by atoms with Crippen LogP contribution in [-0.2, 0) is 44.7 Å². The first-order valence-corrected chi connectivity index (χ1v) is 18.4. The van der Waals surface area contributed by atoms with Crippen LogP contribution in [0, 0.1) is 0 Å². The highest BCUT2D eigenvalue weighted by molar-refractivity contribution is 7.19. The number of carboxylic acid groups (broad SMARTS) is 2. The summed E-state index contributed by atoms with van der Waals surface area (Å²) >= 11 is 3.47. The number of fused-ring (bicyclic) bond motifs is 6. The van der Waals surface area contributed by atoms with Crippen LogP contribution >= 0.6 is 22.7 Å². The Morgan fingerprint density at radius 1 is 0.620 bits per heavy atom.